The Morgan fingerprint density at radius 2 is 1.88 bits per heavy atom. The summed E-state index contributed by atoms with van der Waals surface area (Å²) < 4.78 is 0. The Bertz CT molecular complexity index is 237. The molecular formula is C15H31NO. The van der Waals surface area contributed by atoms with Crippen LogP contribution in [0, 0.1) is 11.3 Å². The highest BCUT2D eigenvalue weighted by Crippen LogP contribution is 2.40. The fourth-order valence-corrected chi connectivity index (χ4v) is 3.16. The number of hydrogen-bond donors (Lipinski definition) is 1. The van der Waals surface area contributed by atoms with E-state index >= 15 is 0 Å². The highest BCUT2D eigenvalue weighted by atomic mass is 16.3. The SMILES string of the molecule is CCN(C(C)C(C)C)C1CC(O)CCC1(C)C. The lowest BCUT2D eigenvalue weighted by Gasteiger charge is -2.49. The molecule has 1 aliphatic rings. The standard InChI is InChI=1S/C15H31NO/c1-7-16(12(4)11(2)3)14-10-13(17)8-9-15(14,5)6/h11-14,17H,7-10H2,1-6H3. The molecule has 1 saturated carbocycles. The van der Waals surface area contributed by atoms with Crippen LogP contribution in [0.15, 0.2) is 0 Å². The number of rotatable bonds is 4. The second-order valence-electron chi connectivity index (χ2n) is 6.75. The van der Waals surface area contributed by atoms with E-state index in [4.69, 9.17) is 0 Å². The molecule has 0 amide bonds. The van der Waals surface area contributed by atoms with Gasteiger partial charge in [0.05, 0.1) is 6.10 Å². The van der Waals surface area contributed by atoms with Crippen molar-refractivity contribution in [1.29, 1.82) is 0 Å². The van der Waals surface area contributed by atoms with Crippen molar-refractivity contribution < 1.29 is 5.11 Å². The van der Waals surface area contributed by atoms with Crippen LogP contribution in [0.3, 0.4) is 0 Å². The summed E-state index contributed by atoms with van der Waals surface area (Å²) in [5.74, 6) is 0.671. The van der Waals surface area contributed by atoms with Crippen LogP contribution in [0.1, 0.15) is 60.8 Å². The van der Waals surface area contributed by atoms with Gasteiger partial charge in [-0.05, 0) is 44.1 Å². The van der Waals surface area contributed by atoms with Crippen molar-refractivity contribution in [2.45, 2.75) is 79.0 Å². The number of hydrogen-bond acceptors (Lipinski definition) is 2. The predicted molar refractivity (Wildman–Crippen MR) is 74.1 cm³/mol. The van der Waals surface area contributed by atoms with E-state index in [0.717, 1.165) is 25.8 Å². The van der Waals surface area contributed by atoms with Gasteiger partial charge in [-0.15, -0.1) is 0 Å². The number of nitrogens with zero attached hydrogens (tertiary/aromatic N) is 1. The summed E-state index contributed by atoms with van der Waals surface area (Å²) in [6.45, 7) is 15.0. The van der Waals surface area contributed by atoms with Gasteiger partial charge in [0.2, 0.25) is 0 Å². The second kappa shape index (κ2) is 5.71. The van der Waals surface area contributed by atoms with Gasteiger partial charge < -0.3 is 5.11 Å². The average molecular weight is 241 g/mol. The minimum Gasteiger partial charge on any atom is -0.393 e. The van der Waals surface area contributed by atoms with Crippen LogP contribution < -0.4 is 0 Å². The number of aliphatic hydroxyl groups excluding tert-OH is 1. The molecule has 0 aromatic heterocycles. The molecule has 3 unspecified atom stereocenters. The normalized spacial score (nSPS) is 30.9. The molecule has 102 valence electrons. The summed E-state index contributed by atoms with van der Waals surface area (Å²) in [4.78, 5) is 2.60. The van der Waals surface area contributed by atoms with Crippen LogP contribution >= 0.6 is 0 Å². The molecule has 2 nitrogen and oxygen atoms in total. The van der Waals surface area contributed by atoms with Crippen LogP contribution in [0.25, 0.3) is 0 Å². The van der Waals surface area contributed by atoms with Crippen LogP contribution in [0.4, 0.5) is 0 Å². The fraction of sp³-hybridized carbons (Fsp3) is 1.00. The van der Waals surface area contributed by atoms with Crippen molar-refractivity contribution in [2.24, 2.45) is 11.3 Å². The molecule has 17 heavy (non-hydrogen) atoms. The minimum absolute atomic E-state index is 0.0959. The molecule has 0 aliphatic heterocycles. The van der Waals surface area contributed by atoms with E-state index in [0.29, 0.717) is 23.4 Å². The Labute approximate surface area is 107 Å². The highest BCUT2D eigenvalue weighted by Gasteiger charge is 2.40. The molecule has 0 bridgehead atoms. The van der Waals surface area contributed by atoms with Crippen LogP contribution in [-0.4, -0.2) is 34.7 Å². The zero-order valence-electron chi connectivity index (χ0n) is 12.5. The molecule has 1 fully saturated rings. The molecule has 0 radical (unpaired) electrons. The van der Waals surface area contributed by atoms with Gasteiger partial charge in [0.15, 0.2) is 0 Å². The maximum atomic E-state index is 9.95. The van der Waals surface area contributed by atoms with Crippen molar-refractivity contribution in [3.05, 3.63) is 0 Å². The van der Waals surface area contributed by atoms with Gasteiger partial charge >= 0.3 is 0 Å². The maximum Gasteiger partial charge on any atom is 0.0555 e. The van der Waals surface area contributed by atoms with Crippen molar-refractivity contribution >= 4 is 0 Å². The molecule has 0 aromatic rings. The summed E-state index contributed by atoms with van der Waals surface area (Å²) in [6, 6.07) is 1.11. The average Bonchev–Trinajstić information content (AvgIpc) is 2.24. The second-order valence-corrected chi connectivity index (χ2v) is 6.75. The molecule has 0 heterocycles. The number of aliphatic hydroxyl groups is 1. The van der Waals surface area contributed by atoms with Crippen molar-refractivity contribution in [2.75, 3.05) is 6.54 Å². The summed E-state index contributed by atoms with van der Waals surface area (Å²) in [5.41, 5.74) is 0.332. The van der Waals surface area contributed by atoms with E-state index in [1.54, 1.807) is 0 Å². The lowest BCUT2D eigenvalue weighted by molar-refractivity contribution is -0.0320. The summed E-state index contributed by atoms with van der Waals surface area (Å²) >= 11 is 0. The van der Waals surface area contributed by atoms with Gasteiger partial charge in [-0.25, -0.2) is 0 Å². The van der Waals surface area contributed by atoms with Crippen molar-refractivity contribution in [3.63, 3.8) is 0 Å². The van der Waals surface area contributed by atoms with Gasteiger partial charge in [-0.2, -0.15) is 0 Å². The quantitative estimate of drug-likeness (QED) is 0.816. The third-order valence-corrected chi connectivity index (χ3v) is 4.77. The zero-order chi connectivity index (χ0) is 13.2. The maximum absolute atomic E-state index is 9.95. The molecule has 1 rings (SSSR count). The summed E-state index contributed by atoms with van der Waals surface area (Å²) in [7, 11) is 0. The Balaban J connectivity index is 2.84. The van der Waals surface area contributed by atoms with E-state index in [2.05, 4.69) is 46.4 Å². The van der Waals surface area contributed by atoms with Gasteiger partial charge in [0.25, 0.3) is 0 Å². The van der Waals surface area contributed by atoms with Crippen LogP contribution in [0.5, 0.6) is 0 Å². The first-order valence-corrected chi connectivity index (χ1v) is 7.23. The monoisotopic (exact) mass is 241 g/mol. The third kappa shape index (κ3) is 3.45. The lowest BCUT2D eigenvalue weighted by Crippen LogP contribution is -2.54. The predicted octanol–water partition coefficient (Wildman–Crippen LogP) is 3.29. The minimum atomic E-state index is -0.0959. The zero-order valence-corrected chi connectivity index (χ0v) is 12.5. The molecule has 0 spiro atoms. The third-order valence-electron chi connectivity index (χ3n) is 4.77. The van der Waals surface area contributed by atoms with Crippen LogP contribution in [0.2, 0.25) is 0 Å². The van der Waals surface area contributed by atoms with Crippen LogP contribution in [-0.2, 0) is 0 Å². The summed E-state index contributed by atoms with van der Waals surface area (Å²) in [5, 5.41) is 9.95. The molecule has 1 aliphatic carbocycles. The van der Waals surface area contributed by atoms with Crippen molar-refractivity contribution in [3.8, 4) is 0 Å². The Hall–Kier alpha value is -0.0800. The van der Waals surface area contributed by atoms with E-state index in [1.807, 2.05) is 0 Å². The van der Waals surface area contributed by atoms with E-state index in [9.17, 15) is 5.11 Å². The molecule has 2 heteroatoms. The van der Waals surface area contributed by atoms with E-state index < -0.39 is 0 Å². The largest absolute Gasteiger partial charge is 0.393 e. The molecular weight excluding hydrogens is 210 g/mol. The summed E-state index contributed by atoms with van der Waals surface area (Å²) in [6.07, 6.45) is 2.95. The topological polar surface area (TPSA) is 23.5 Å². The fourth-order valence-electron chi connectivity index (χ4n) is 3.16. The smallest absolute Gasteiger partial charge is 0.0555 e. The Kier molecular flexibility index (Phi) is 5.03. The lowest BCUT2D eigenvalue weighted by atomic mass is 9.71. The van der Waals surface area contributed by atoms with Gasteiger partial charge in [-0.3, -0.25) is 4.90 Å². The Morgan fingerprint density at radius 3 is 2.35 bits per heavy atom. The highest BCUT2D eigenvalue weighted by molar-refractivity contribution is 4.94. The van der Waals surface area contributed by atoms with E-state index in [-0.39, 0.29) is 6.10 Å². The first-order chi connectivity index (χ1) is 7.79. The van der Waals surface area contributed by atoms with E-state index in [1.165, 1.54) is 0 Å². The molecule has 3 atom stereocenters. The first-order valence-electron chi connectivity index (χ1n) is 7.23. The van der Waals surface area contributed by atoms with Gasteiger partial charge in [-0.1, -0.05) is 34.6 Å². The molecule has 0 saturated heterocycles. The van der Waals surface area contributed by atoms with Crippen molar-refractivity contribution in [1.82, 2.24) is 4.90 Å². The Morgan fingerprint density at radius 1 is 1.29 bits per heavy atom. The molecule has 0 aromatic carbocycles. The van der Waals surface area contributed by atoms with Gasteiger partial charge in [0.1, 0.15) is 0 Å². The molecule has 1 N–H and O–H groups in total. The first kappa shape index (κ1) is 15.0. The van der Waals surface area contributed by atoms with Gasteiger partial charge in [0, 0.05) is 12.1 Å².